The van der Waals surface area contributed by atoms with Crippen molar-refractivity contribution in [3.8, 4) is 0 Å². The van der Waals surface area contributed by atoms with Gasteiger partial charge < -0.3 is 10.3 Å². The molecule has 52 valence electrons. The second-order valence-electron chi connectivity index (χ2n) is 2.48. The van der Waals surface area contributed by atoms with Gasteiger partial charge in [-0.2, -0.15) is 0 Å². The molecule has 1 atom stereocenters. The first kappa shape index (κ1) is 6.71. The van der Waals surface area contributed by atoms with Crippen LogP contribution in [0.25, 0.3) is 0 Å². The highest BCUT2D eigenvalue weighted by Gasteiger charge is 2.47. The topological polar surface area (TPSA) is 39.9 Å². The number of hydroxylamine groups is 2. The van der Waals surface area contributed by atoms with Gasteiger partial charge in [-0.25, -0.2) is 4.99 Å². The normalized spacial score (nSPS) is 26.6. The van der Waals surface area contributed by atoms with Crippen molar-refractivity contribution in [1.29, 1.82) is 0 Å². The number of aliphatic imine (C=N–C) groups is 1. The third-order valence-corrected chi connectivity index (χ3v) is 1.76. The van der Waals surface area contributed by atoms with Crippen molar-refractivity contribution < 1.29 is 5.06 Å². The van der Waals surface area contributed by atoms with E-state index in [1.54, 1.807) is 13.3 Å². The van der Waals surface area contributed by atoms with E-state index in [0.29, 0.717) is 0 Å². The molecule has 3 nitrogen and oxygen atoms in total. The second-order valence-corrected chi connectivity index (χ2v) is 2.48. The van der Waals surface area contributed by atoms with E-state index in [0.717, 1.165) is 12.8 Å². The van der Waals surface area contributed by atoms with Crippen molar-refractivity contribution in [2.75, 3.05) is 7.05 Å². The van der Waals surface area contributed by atoms with Crippen LogP contribution in [0.3, 0.4) is 0 Å². The van der Waals surface area contributed by atoms with Gasteiger partial charge in [0.1, 0.15) is 0 Å². The Hall–Kier alpha value is -0.410. The van der Waals surface area contributed by atoms with Crippen LogP contribution in [-0.4, -0.2) is 18.9 Å². The van der Waals surface area contributed by atoms with E-state index in [2.05, 4.69) is 4.99 Å². The fraction of sp³-hybridized carbons (Fsp3) is 0.833. The summed E-state index contributed by atoms with van der Waals surface area (Å²) in [7, 11) is 1.61. The number of quaternary nitrogens is 1. The Morgan fingerprint density at radius 2 is 2.22 bits per heavy atom. The minimum Gasteiger partial charge on any atom is -0.633 e. The number of hydrogen-bond acceptors (Lipinski definition) is 2. The van der Waals surface area contributed by atoms with E-state index >= 15 is 0 Å². The summed E-state index contributed by atoms with van der Waals surface area (Å²) >= 11 is 0. The predicted molar refractivity (Wildman–Crippen MR) is 36.4 cm³/mol. The molecule has 0 spiro atoms. The van der Waals surface area contributed by atoms with Crippen molar-refractivity contribution in [2.45, 2.75) is 25.4 Å². The average Bonchev–Trinajstić information content (AvgIpc) is 2.49. The molecule has 1 fully saturated rings. The van der Waals surface area contributed by atoms with E-state index in [9.17, 15) is 5.21 Å². The third kappa shape index (κ3) is 1.11. The summed E-state index contributed by atoms with van der Waals surface area (Å²) in [5.74, 6) is 0. The zero-order valence-electron chi connectivity index (χ0n) is 5.85. The minimum atomic E-state index is -0.269. The summed E-state index contributed by atoms with van der Waals surface area (Å²) in [6, 6.07) is 0. The Bertz CT molecular complexity index is 127. The van der Waals surface area contributed by atoms with Crippen LogP contribution in [0.4, 0.5) is 0 Å². The van der Waals surface area contributed by atoms with Crippen LogP contribution in [-0.2, 0) is 0 Å². The molecule has 0 saturated heterocycles. The molecule has 0 amide bonds. The molecule has 0 aromatic heterocycles. The van der Waals surface area contributed by atoms with Crippen LogP contribution in [0, 0.1) is 5.21 Å². The molecular formula is C6H12N2O. The van der Waals surface area contributed by atoms with Crippen molar-refractivity contribution in [1.82, 2.24) is 0 Å². The summed E-state index contributed by atoms with van der Waals surface area (Å²) in [6.45, 7) is 1.85. The van der Waals surface area contributed by atoms with Crippen molar-refractivity contribution in [3.63, 3.8) is 0 Å². The van der Waals surface area contributed by atoms with Gasteiger partial charge in [0.15, 0.2) is 5.66 Å². The molecule has 9 heavy (non-hydrogen) atoms. The maximum absolute atomic E-state index is 10.8. The zero-order chi connectivity index (χ0) is 6.91. The smallest absolute Gasteiger partial charge is 0.190 e. The standard InChI is InChI=1S/C6H12N2O/c1-3-7-6(4-5-6)8(2)9/h3,8H,4-5H2,1-2H3. The SMILES string of the molecule is CC=NC1([NH+](C)[O-])CC1. The Morgan fingerprint density at radius 1 is 1.67 bits per heavy atom. The summed E-state index contributed by atoms with van der Waals surface area (Å²) in [6.07, 6.45) is 3.62. The summed E-state index contributed by atoms with van der Waals surface area (Å²) in [5.41, 5.74) is -0.269. The molecule has 1 unspecified atom stereocenters. The summed E-state index contributed by atoms with van der Waals surface area (Å²) in [5, 5.41) is 11.0. The second kappa shape index (κ2) is 2.08. The molecule has 3 heteroatoms. The first-order chi connectivity index (χ1) is 4.21. The number of rotatable bonds is 2. The molecule has 0 aromatic rings. The third-order valence-electron chi connectivity index (χ3n) is 1.76. The highest BCUT2D eigenvalue weighted by molar-refractivity contribution is 5.54. The Kier molecular flexibility index (Phi) is 1.55. The molecule has 0 bridgehead atoms. The molecule has 1 saturated carbocycles. The summed E-state index contributed by atoms with van der Waals surface area (Å²) in [4.78, 5) is 4.09. The zero-order valence-corrected chi connectivity index (χ0v) is 5.85. The lowest BCUT2D eigenvalue weighted by Crippen LogP contribution is -3.09. The molecule has 1 N–H and O–H groups in total. The van der Waals surface area contributed by atoms with Gasteiger partial charge in [-0.05, 0) is 6.92 Å². The highest BCUT2D eigenvalue weighted by atomic mass is 16.5. The molecule has 0 heterocycles. The van der Waals surface area contributed by atoms with Crippen LogP contribution in [0.2, 0.25) is 0 Å². The first-order valence-electron chi connectivity index (χ1n) is 3.22. The summed E-state index contributed by atoms with van der Waals surface area (Å²) < 4.78 is 0. The van der Waals surface area contributed by atoms with E-state index in [1.165, 1.54) is 0 Å². The average molecular weight is 128 g/mol. The lowest BCUT2D eigenvalue weighted by Gasteiger charge is -2.23. The van der Waals surface area contributed by atoms with Crippen LogP contribution in [0.15, 0.2) is 4.99 Å². The van der Waals surface area contributed by atoms with Crippen molar-refractivity contribution in [2.24, 2.45) is 4.99 Å². The fourth-order valence-electron chi connectivity index (χ4n) is 0.938. The minimum absolute atomic E-state index is 0.209. The van der Waals surface area contributed by atoms with Gasteiger partial charge in [-0.15, -0.1) is 0 Å². The van der Waals surface area contributed by atoms with E-state index in [1.807, 2.05) is 6.92 Å². The van der Waals surface area contributed by atoms with E-state index in [4.69, 9.17) is 0 Å². The van der Waals surface area contributed by atoms with Crippen LogP contribution < -0.4 is 5.06 Å². The van der Waals surface area contributed by atoms with Gasteiger partial charge in [0.2, 0.25) is 0 Å². The Labute approximate surface area is 55.0 Å². The van der Waals surface area contributed by atoms with Crippen molar-refractivity contribution >= 4 is 6.21 Å². The highest BCUT2D eigenvalue weighted by Crippen LogP contribution is 2.32. The molecule has 1 aliphatic rings. The van der Waals surface area contributed by atoms with Crippen molar-refractivity contribution in [3.05, 3.63) is 5.21 Å². The van der Waals surface area contributed by atoms with Gasteiger partial charge in [0, 0.05) is 19.1 Å². The lowest BCUT2D eigenvalue weighted by atomic mass is 10.5. The van der Waals surface area contributed by atoms with Gasteiger partial charge in [0.05, 0.1) is 7.05 Å². The molecule has 1 rings (SSSR count). The molecule has 1 aliphatic carbocycles. The predicted octanol–water partition coefficient (Wildman–Crippen LogP) is -0.420. The number of nitrogens with one attached hydrogen (secondary N) is 1. The Morgan fingerprint density at radius 3 is 2.33 bits per heavy atom. The van der Waals surface area contributed by atoms with Gasteiger partial charge >= 0.3 is 0 Å². The van der Waals surface area contributed by atoms with Gasteiger partial charge in [0.25, 0.3) is 0 Å². The van der Waals surface area contributed by atoms with Gasteiger partial charge in [-0.3, -0.25) is 0 Å². The number of hydrogen-bond donors (Lipinski definition) is 1. The van der Waals surface area contributed by atoms with E-state index in [-0.39, 0.29) is 10.7 Å². The van der Waals surface area contributed by atoms with Crippen LogP contribution in [0.5, 0.6) is 0 Å². The quantitative estimate of drug-likeness (QED) is 0.398. The van der Waals surface area contributed by atoms with Gasteiger partial charge in [-0.1, -0.05) is 0 Å². The Balaban J connectivity index is 2.52. The maximum atomic E-state index is 10.8. The lowest BCUT2D eigenvalue weighted by molar-refractivity contribution is -0.866. The monoisotopic (exact) mass is 128 g/mol. The largest absolute Gasteiger partial charge is 0.633 e. The van der Waals surface area contributed by atoms with Crippen LogP contribution in [0.1, 0.15) is 19.8 Å². The molecule has 0 radical (unpaired) electrons. The fourth-order valence-corrected chi connectivity index (χ4v) is 0.938. The molecular weight excluding hydrogens is 116 g/mol. The van der Waals surface area contributed by atoms with Crippen LogP contribution >= 0.6 is 0 Å². The van der Waals surface area contributed by atoms with E-state index < -0.39 is 0 Å². The first-order valence-corrected chi connectivity index (χ1v) is 3.22. The number of nitrogens with zero attached hydrogens (tertiary/aromatic N) is 1. The molecule has 0 aliphatic heterocycles. The maximum Gasteiger partial charge on any atom is 0.190 e. The molecule has 0 aromatic carbocycles.